The van der Waals surface area contributed by atoms with Crippen molar-refractivity contribution in [3.63, 3.8) is 0 Å². The van der Waals surface area contributed by atoms with Gasteiger partial charge < -0.3 is 20.3 Å². The second-order valence-corrected chi connectivity index (χ2v) is 17.6. The molecular formula is C56H99NO5. The molecule has 0 aromatic carbocycles. The maximum Gasteiger partial charge on any atom is 0.306 e. The molecule has 0 aliphatic rings. The molecule has 3 unspecified atom stereocenters. The highest BCUT2D eigenvalue weighted by atomic mass is 16.5. The highest BCUT2D eigenvalue weighted by molar-refractivity contribution is 5.78. The number of unbranched alkanes of at least 4 members (excludes halogenated alkanes) is 24. The van der Waals surface area contributed by atoms with Gasteiger partial charge in [0.15, 0.2) is 0 Å². The second kappa shape index (κ2) is 49.3. The van der Waals surface area contributed by atoms with Gasteiger partial charge in [-0.2, -0.15) is 0 Å². The minimum Gasteiger partial charge on any atom is -0.458 e. The number of carbonyl (C=O) groups excluding carboxylic acids is 2. The zero-order valence-electron chi connectivity index (χ0n) is 40.7. The molecule has 0 rings (SSSR count). The van der Waals surface area contributed by atoms with Gasteiger partial charge in [-0.25, -0.2) is 0 Å². The summed E-state index contributed by atoms with van der Waals surface area (Å²) in [5, 5.41) is 23.7. The van der Waals surface area contributed by atoms with Crippen LogP contribution in [0, 0.1) is 0 Å². The molecule has 358 valence electrons. The summed E-state index contributed by atoms with van der Waals surface area (Å²) in [6, 6.07) is -0.741. The van der Waals surface area contributed by atoms with Crippen LogP contribution in [0.3, 0.4) is 0 Å². The lowest BCUT2D eigenvalue weighted by Gasteiger charge is -2.23. The average Bonchev–Trinajstić information content (AvgIpc) is 3.26. The fourth-order valence-electron chi connectivity index (χ4n) is 7.50. The quantitative estimate of drug-likeness (QED) is 0.0322. The number of aliphatic hydroxyl groups excluding tert-OH is 2. The molecule has 62 heavy (non-hydrogen) atoms. The topological polar surface area (TPSA) is 95.9 Å². The third kappa shape index (κ3) is 43.9. The van der Waals surface area contributed by atoms with Gasteiger partial charge in [0.2, 0.25) is 5.91 Å². The number of carbonyl (C=O) groups is 2. The van der Waals surface area contributed by atoms with Crippen molar-refractivity contribution in [2.75, 3.05) is 6.61 Å². The Balaban J connectivity index is 4.65. The molecular weight excluding hydrogens is 767 g/mol. The minimum absolute atomic E-state index is 0.0439. The summed E-state index contributed by atoms with van der Waals surface area (Å²) in [4.78, 5) is 26.0. The Morgan fingerprint density at radius 3 is 1.32 bits per heavy atom. The molecule has 6 nitrogen and oxygen atoms in total. The van der Waals surface area contributed by atoms with E-state index in [9.17, 15) is 19.8 Å². The lowest BCUT2D eigenvalue weighted by molar-refractivity contribution is -0.148. The van der Waals surface area contributed by atoms with E-state index in [0.29, 0.717) is 19.3 Å². The van der Waals surface area contributed by atoms with Crippen LogP contribution < -0.4 is 5.32 Å². The van der Waals surface area contributed by atoms with Crippen LogP contribution in [0.25, 0.3) is 0 Å². The van der Waals surface area contributed by atoms with Gasteiger partial charge in [0, 0.05) is 6.42 Å². The number of hydrogen-bond donors (Lipinski definition) is 3. The summed E-state index contributed by atoms with van der Waals surface area (Å²) >= 11 is 0. The van der Waals surface area contributed by atoms with Crippen LogP contribution in [0.5, 0.6) is 0 Å². The first-order valence-electron chi connectivity index (χ1n) is 26.2. The van der Waals surface area contributed by atoms with Crippen molar-refractivity contribution in [2.24, 2.45) is 0 Å². The Morgan fingerprint density at radius 2 is 0.855 bits per heavy atom. The highest BCUT2D eigenvalue weighted by Gasteiger charge is 2.23. The normalized spacial score (nSPS) is 13.8. The van der Waals surface area contributed by atoms with Gasteiger partial charge in [-0.3, -0.25) is 9.59 Å². The van der Waals surface area contributed by atoms with Crippen LogP contribution in [-0.2, 0) is 14.3 Å². The second-order valence-electron chi connectivity index (χ2n) is 17.6. The van der Waals surface area contributed by atoms with Crippen molar-refractivity contribution >= 4 is 11.9 Å². The molecule has 0 spiro atoms. The number of nitrogens with one attached hydrogen (secondary N) is 1. The molecule has 0 fully saturated rings. The van der Waals surface area contributed by atoms with E-state index in [4.69, 9.17) is 4.74 Å². The largest absolute Gasteiger partial charge is 0.458 e. The summed E-state index contributed by atoms with van der Waals surface area (Å²) in [6.07, 6.45) is 62.8. The van der Waals surface area contributed by atoms with E-state index >= 15 is 0 Å². The molecule has 0 radical (unpaired) electrons. The zero-order valence-corrected chi connectivity index (χ0v) is 40.7. The molecule has 0 heterocycles. The Labute approximate surface area is 383 Å². The molecule has 6 heteroatoms. The van der Waals surface area contributed by atoms with Gasteiger partial charge in [0.1, 0.15) is 6.10 Å². The smallest absolute Gasteiger partial charge is 0.306 e. The molecule has 1 amide bonds. The number of ether oxygens (including phenoxy) is 1. The Hall–Kier alpha value is -2.70. The van der Waals surface area contributed by atoms with Gasteiger partial charge in [0.05, 0.1) is 25.2 Å². The van der Waals surface area contributed by atoms with E-state index in [-0.39, 0.29) is 24.9 Å². The average molecular weight is 866 g/mol. The van der Waals surface area contributed by atoms with Crippen LogP contribution in [0.15, 0.2) is 72.9 Å². The predicted molar refractivity (Wildman–Crippen MR) is 268 cm³/mol. The Kier molecular flexibility index (Phi) is 47.2. The Morgan fingerprint density at radius 1 is 0.484 bits per heavy atom. The van der Waals surface area contributed by atoms with E-state index < -0.39 is 18.2 Å². The van der Waals surface area contributed by atoms with Crippen molar-refractivity contribution in [1.82, 2.24) is 5.32 Å². The van der Waals surface area contributed by atoms with Crippen LogP contribution in [0.2, 0.25) is 0 Å². The number of rotatable bonds is 46. The SMILES string of the molecule is CCCCC/C=C\C/C=C\C/C=C\C/C=C\CCCCCC(=O)OC(/C=C/C/C=C\CCCCCCCC)CC(=O)NC(CO)C(O)CCCCCCCCCCCCCCC. The standard InChI is InChI=1S/C56H99NO5/c1-4-7-10-13-16-19-22-24-25-26-27-28-29-31-34-37-40-43-46-49-56(61)62-52(47-44-41-38-35-32-21-18-15-12-9-6-3)50-55(60)57-53(51-58)54(59)48-45-42-39-36-33-30-23-20-17-14-11-8-5-2/h16,19,24-25,27-28,31,34-35,38,44,47,52-54,58-59H,4-15,17-18,20-23,26,29-30,32-33,36-37,39-43,45-46,48-51H2,1-3H3,(H,57,60)/b19-16-,25-24-,28-27-,34-31-,38-35-,47-44+. The van der Waals surface area contributed by atoms with Gasteiger partial charge in [-0.1, -0.05) is 222 Å². The number of hydrogen-bond acceptors (Lipinski definition) is 5. The Bertz CT molecular complexity index is 1150. The van der Waals surface area contributed by atoms with E-state index in [1.807, 2.05) is 12.2 Å². The molecule has 0 aliphatic heterocycles. The fraction of sp³-hybridized carbons (Fsp3) is 0.750. The fourth-order valence-corrected chi connectivity index (χ4v) is 7.50. The number of esters is 1. The lowest BCUT2D eigenvalue weighted by Crippen LogP contribution is -2.46. The summed E-state index contributed by atoms with van der Waals surface area (Å²) < 4.78 is 5.81. The van der Waals surface area contributed by atoms with E-state index in [0.717, 1.165) is 70.6 Å². The summed E-state index contributed by atoms with van der Waals surface area (Å²) in [7, 11) is 0. The van der Waals surface area contributed by atoms with Crippen LogP contribution in [0.4, 0.5) is 0 Å². The molecule has 0 aliphatic carbocycles. The number of aliphatic hydroxyl groups is 2. The van der Waals surface area contributed by atoms with Crippen LogP contribution in [0.1, 0.15) is 245 Å². The van der Waals surface area contributed by atoms with Gasteiger partial charge in [-0.05, 0) is 83.1 Å². The van der Waals surface area contributed by atoms with Crippen molar-refractivity contribution in [2.45, 2.75) is 264 Å². The first-order valence-corrected chi connectivity index (χ1v) is 26.2. The molecule has 0 aromatic heterocycles. The van der Waals surface area contributed by atoms with Crippen molar-refractivity contribution < 1.29 is 24.5 Å². The van der Waals surface area contributed by atoms with Gasteiger partial charge >= 0.3 is 5.97 Å². The predicted octanol–water partition coefficient (Wildman–Crippen LogP) is 15.8. The maximum atomic E-state index is 13.2. The first kappa shape index (κ1) is 59.3. The van der Waals surface area contributed by atoms with Crippen molar-refractivity contribution in [1.29, 1.82) is 0 Å². The summed E-state index contributed by atoms with van der Waals surface area (Å²) in [5.74, 6) is -0.640. The van der Waals surface area contributed by atoms with E-state index in [1.165, 1.54) is 128 Å². The molecule has 0 aromatic rings. The number of amides is 1. The molecule has 0 saturated carbocycles. The molecule has 0 saturated heterocycles. The van der Waals surface area contributed by atoms with E-state index in [2.05, 4.69) is 86.8 Å². The summed E-state index contributed by atoms with van der Waals surface area (Å²) in [6.45, 7) is 6.40. The lowest BCUT2D eigenvalue weighted by atomic mass is 10.0. The zero-order chi connectivity index (χ0) is 45.2. The van der Waals surface area contributed by atoms with Gasteiger partial charge in [-0.15, -0.1) is 0 Å². The third-order valence-corrected chi connectivity index (χ3v) is 11.5. The molecule has 3 N–H and O–H groups in total. The monoisotopic (exact) mass is 866 g/mol. The third-order valence-electron chi connectivity index (χ3n) is 11.5. The maximum absolute atomic E-state index is 13.2. The highest BCUT2D eigenvalue weighted by Crippen LogP contribution is 2.15. The van der Waals surface area contributed by atoms with Gasteiger partial charge in [0.25, 0.3) is 0 Å². The molecule has 0 bridgehead atoms. The minimum atomic E-state index is -0.818. The summed E-state index contributed by atoms with van der Waals surface area (Å²) in [5.41, 5.74) is 0. The first-order chi connectivity index (χ1) is 30.5. The number of allylic oxidation sites excluding steroid dienone is 11. The van der Waals surface area contributed by atoms with Crippen molar-refractivity contribution in [3.8, 4) is 0 Å². The van der Waals surface area contributed by atoms with E-state index in [1.54, 1.807) is 0 Å². The van der Waals surface area contributed by atoms with Crippen LogP contribution >= 0.6 is 0 Å². The molecule has 3 atom stereocenters. The van der Waals surface area contributed by atoms with Crippen LogP contribution in [-0.4, -0.2) is 46.9 Å². The van der Waals surface area contributed by atoms with Crippen molar-refractivity contribution in [3.05, 3.63) is 72.9 Å².